The van der Waals surface area contributed by atoms with Crippen molar-refractivity contribution < 1.29 is 13.6 Å². The van der Waals surface area contributed by atoms with Crippen molar-refractivity contribution in [2.75, 3.05) is 0 Å². The average Bonchev–Trinajstić information content (AvgIpc) is 3.27. The van der Waals surface area contributed by atoms with Crippen molar-refractivity contribution in [1.82, 2.24) is 4.90 Å². The zero-order chi connectivity index (χ0) is 15.4. The van der Waals surface area contributed by atoms with Crippen molar-refractivity contribution in [2.45, 2.75) is 57.7 Å². The Balaban J connectivity index is 2.07. The van der Waals surface area contributed by atoms with Gasteiger partial charge in [-0.3, -0.25) is 4.79 Å². The van der Waals surface area contributed by atoms with Crippen LogP contribution in [-0.4, -0.2) is 22.9 Å². The second-order valence-corrected chi connectivity index (χ2v) is 5.68. The van der Waals surface area contributed by atoms with Crippen LogP contribution in [-0.2, 0) is 11.3 Å². The molecular formula is C16H22F2N2O. The van der Waals surface area contributed by atoms with E-state index < -0.39 is 17.7 Å². The van der Waals surface area contributed by atoms with E-state index >= 15 is 0 Å². The van der Waals surface area contributed by atoms with Crippen molar-refractivity contribution >= 4 is 5.91 Å². The molecule has 1 unspecified atom stereocenters. The molecule has 0 aromatic heterocycles. The molecule has 3 nitrogen and oxygen atoms in total. The van der Waals surface area contributed by atoms with Gasteiger partial charge in [0.05, 0.1) is 6.04 Å². The molecule has 2 N–H and O–H groups in total. The summed E-state index contributed by atoms with van der Waals surface area (Å²) in [4.78, 5) is 14.1. The number of amides is 1. The van der Waals surface area contributed by atoms with E-state index in [1.807, 2.05) is 6.92 Å². The Bertz CT molecular complexity index is 503. The summed E-state index contributed by atoms with van der Waals surface area (Å²) in [6, 6.07) is 3.07. The molecule has 0 spiro atoms. The quantitative estimate of drug-likeness (QED) is 0.841. The third kappa shape index (κ3) is 4.24. The van der Waals surface area contributed by atoms with E-state index in [4.69, 9.17) is 5.73 Å². The van der Waals surface area contributed by atoms with Crippen LogP contribution in [0.25, 0.3) is 0 Å². The molecule has 0 saturated heterocycles. The molecule has 0 aliphatic heterocycles. The highest BCUT2D eigenvalue weighted by molar-refractivity contribution is 5.82. The molecule has 0 radical (unpaired) electrons. The SMILES string of the molecule is CCCCC(N)C(=O)N(Cc1ccc(F)cc1F)C1CC1. The Labute approximate surface area is 124 Å². The second-order valence-electron chi connectivity index (χ2n) is 5.68. The fourth-order valence-corrected chi connectivity index (χ4v) is 2.37. The second kappa shape index (κ2) is 6.98. The van der Waals surface area contributed by atoms with Crippen LogP contribution in [0, 0.1) is 11.6 Å². The number of rotatable bonds is 7. The highest BCUT2D eigenvalue weighted by Gasteiger charge is 2.34. The fraction of sp³-hybridized carbons (Fsp3) is 0.562. The van der Waals surface area contributed by atoms with E-state index in [-0.39, 0.29) is 18.5 Å². The van der Waals surface area contributed by atoms with Crippen molar-refractivity contribution in [3.05, 3.63) is 35.4 Å². The third-order valence-electron chi connectivity index (χ3n) is 3.81. The molecule has 116 valence electrons. The van der Waals surface area contributed by atoms with E-state index in [0.717, 1.165) is 31.7 Å². The Kier molecular flexibility index (Phi) is 5.28. The number of nitrogens with zero attached hydrogens (tertiary/aromatic N) is 1. The minimum Gasteiger partial charge on any atom is -0.334 e. The zero-order valence-corrected chi connectivity index (χ0v) is 12.3. The highest BCUT2D eigenvalue weighted by atomic mass is 19.1. The van der Waals surface area contributed by atoms with Crippen LogP contribution in [0.4, 0.5) is 8.78 Å². The third-order valence-corrected chi connectivity index (χ3v) is 3.81. The standard InChI is InChI=1S/C16H22F2N2O/c1-2-3-4-15(19)16(21)20(13-7-8-13)10-11-5-6-12(17)9-14(11)18/h5-6,9,13,15H,2-4,7-8,10,19H2,1H3. The summed E-state index contributed by atoms with van der Waals surface area (Å²) in [6.45, 7) is 2.21. The van der Waals surface area contributed by atoms with Gasteiger partial charge in [0.1, 0.15) is 11.6 Å². The maximum Gasteiger partial charge on any atom is 0.240 e. The zero-order valence-electron chi connectivity index (χ0n) is 12.3. The van der Waals surface area contributed by atoms with Gasteiger partial charge in [0.2, 0.25) is 5.91 Å². The van der Waals surface area contributed by atoms with Crippen LogP contribution in [0.2, 0.25) is 0 Å². The number of hydrogen-bond acceptors (Lipinski definition) is 2. The van der Waals surface area contributed by atoms with Gasteiger partial charge in [0, 0.05) is 24.2 Å². The number of carbonyl (C=O) groups is 1. The molecule has 1 saturated carbocycles. The molecule has 5 heteroatoms. The smallest absolute Gasteiger partial charge is 0.240 e. The summed E-state index contributed by atoms with van der Waals surface area (Å²) < 4.78 is 26.7. The molecule has 1 atom stereocenters. The summed E-state index contributed by atoms with van der Waals surface area (Å²) in [5.74, 6) is -1.36. The maximum absolute atomic E-state index is 13.8. The topological polar surface area (TPSA) is 46.3 Å². The summed E-state index contributed by atoms with van der Waals surface area (Å²) in [5.41, 5.74) is 6.27. The minimum absolute atomic E-state index is 0.130. The van der Waals surface area contributed by atoms with Crippen LogP contribution in [0.5, 0.6) is 0 Å². The van der Waals surface area contributed by atoms with Crippen molar-refractivity contribution in [2.24, 2.45) is 5.73 Å². The first-order chi connectivity index (χ1) is 10.0. The van der Waals surface area contributed by atoms with E-state index in [9.17, 15) is 13.6 Å². The maximum atomic E-state index is 13.8. The molecule has 0 bridgehead atoms. The molecule has 0 heterocycles. The van der Waals surface area contributed by atoms with E-state index in [2.05, 4.69) is 0 Å². The molecule has 1 aliphatic rings. The number of halogens is 2. The Morgan fingerprint density at radius 3 is 2.71 bits per heavy atom. The molecule has 1 amide bonds. The number of nitrogens with two attached hydrogens (primary N) is 1. The molecule has 1 aromatic rings. The van der Waals surface area contributed by atoms with Gasteiger partial charge in [0.25, 0.3) is 0 Å². The van der Waals surface area contributed by atoms with Gasteiger partial charge < -0.3 is 10.6 Å². The number of carbonyl (C=O) groups excluding carboxylic acids is 1. The first-order valence-corrected chi connectivity index (χ1v) is 7.53. The lowest BCUT2D eigenvalue weighted by atomic mass is 10.1. The predicted octanol–water partition coefficient (Wildman–Crippen LogP) is 2.97. The van der Waals surface area contributed by atoms with Gasteiger partial charge in [0.15, 0.2) is 0 Å². The Morgan fingerprint density at radius 1 is 1.43 bits per heavy atom. The Hall–Kier alpha value is -1.49. The summed E-state index contributed by atoms with van der Waals surface area (Å²) >= 11 is 0. The van der Waals surface area contributed by atoms with Crippen molar-refractivity contribution in [3.8, 4) is 0 Å². The van der Waals surface area contributed by atoms with E-state index in [1.165, 1.54) is 12.1 Å². The van der Waals surface area contributed by atoms with Crippen LogP contribution < -0.4 is 5.73 Å². The first kappa shape index (κ1) is 15.9. The highest BCUT2D eigenvalue weighted by Crippen LogP contribution is 2.29. The van der Waals surface area contributed by atoms with E-state index in [1.54, 1.807) is 4.90 Å². The lowest BCUT2D eigenvalue weighted by Crippen LogP contribution is -2.44. The van der Waals surface area contributed by atoms with Gasteiger partial charge in [-0.15, -0.1) is 0 Å². The molecule has 1 aromatic carbocycles. The van der Waals surface area contributed by atoms with Crippen molar-refractivity contribution in [3.63, 3.8) is 0 Å². The van der Waals surface area contributed by atoms with Crippen LogP contribution >= 0.6 is 0 Å². The van der Waals surface area contributed by atoms with Crippen LogP contribution in [0.3, 0.4) is 0 Å². The molecular weight excluding hydrogens is 274 g/mol. The molecule has 2 rings (SSSR count). The minimum atomic E-state index is -0.615. The largest absolute Gasteiger partial charge is 0.334 e. The lowest BCUT2D eigenvalue weighted by molar-refractivity contribution is -0.134. The molecule has 1 fully saturated rings. The number of hydrogen-bond donors (Lipinski definition) is 1. The van der Waals surface area contributed by atoms with Crippen molar-refractivity contribution in [1.29, 1.82) is 0 Å². The summed E-state index contributed by atoms with van der Waals surface area (Å²) in [5, 5.41) is 0. The Morgan fingerprint density at radius 2 is 2.14 bits per heavy atom. The van der Waals surface area contributed by atoms with Gasteiger partial charge in [-0.2, -0.15) is 0 Å². The number of benzene rings is 1. The summed E-state index contributed by atoms with van der Waals surface area (Å²) in [7, 11) is 0. The summed E-state index contributed by atoms with van der Waals surface area (Å²) in [6.07, 6.45) is 4.38. The normalized spacial score (nSPS) is 15.8. The van der Waals surface area contributed by atoms with Gasteiger partial charge in [-0.25, -0.2) is 8.78 Å². The van der Waals surface area contributed by atoms with Crippen LogP contribution in [0.1, 0.15) is 44.6 Å². The average molecular weight is 296 g/mol. The monoisotopic (exact) mass is 296 g/mol. The van der Waals surface area contributed by atoms with E-state index in [0.29, 0.717) is 12.0 Å². The number of unbranched alkanes of at least 4 members (excludes halogenated alkanes) is 1. The first-order valence-electron chi connectivity index (χ1n) is 7.53. The molecule has 1 aliphatic carbocycles. The van der Waals surface area contributed by atoms with Gasteiger partial charge in [-0.1, -0.05) is 25.8 Å². The lowest BCUT2D eigenvalue weighted by Gasteiger charge is -2.26. The van der Waals surface area contributed by atoms with Gasteiger partial charge in [-0.05, 0) is 25.3 Å². The van der Waals surface area contributed by atoms with Crippen LogP contribution in [0.15, 0.2) is 18.2 Å². The predicted molar refractivity (Wildman–Crippen MR) is 77.4 cm³/mol. The van der Waals surface area contributed by atoms with Gasteiger partial charge >= 0.3 is 0 Å². The fourth-order valence-electron chi connectivity index (χ4n) is 2.37. The molecule has 21 heavy (non-hydrogen) atoms.